The first-order valence-corrected chi connectivity index (χ1v) is 8.57. The molecule has 0 unspecified atom stereocenters. The first kappa shape index (κ1) is 20.9. The van der Waals surface area contributed by atoms with Gasteiger partial charge in [-0.05, 0) is 24.6 Å². The zero-order valence-corrected chi connectivity index (χ0v) is 15.1. The van der Waals surface area contributed by atoms with Crippen molar-refractivity contribution < 1.29 is 31.1 Å². The van der Waals surface area contributed by atoms with Crippen LogP contribution in [0.4, 0.5) is 32.3 Å². The highest BCUT2D eigenvalue weighted by atomic mass is 19.4. The second kappa shape index (κ2) is 7.53. The number of halogens is 6. The summed E-state index contributed by atoms with van der Waals surface area (Å²) >= 11 is 0. The molecule has 1 N–H and O–H groups in total. The van der Waals surface area contributed by atoms with Gasteiger partial charge in [0.25, 0.3) is 11.8 Å². The van der Waals surface area contributed by atoms with Crippen LogP contribution in [0.5, 0.6) is 0 Å². The summed E-state index contributed by atoms with van der Waals surface area (Å²) in [5.74, 6) is -4.94. The summed E-state index contributed by atoms with van der Waals surface area (Å²) in [6, 6.07) is 1.92. The minimum atomic E-state index is -4.62. The highest BCUT2D eigenvalue weighted by Crippen LogP contribution is 2.35. The number of likely N-dealkylation sites (tertiary alicyclic amines) is 1. The Morgan fingerprint density at radius 2 is 1.93 bits per heavy atom. The van der Waals surface area contributed by atoms with Crippen LogP contribution < -0.4 is 5.32 Å². The standard InChI is InChI=1S/C18H16F6N4O/c1-10-2-3-12(19)6-13(10)15(29)28-5-4-17(20,21)14(28)9-27-16-25-7-11(8-26-16)18(22,23)24/h2-3,6-8,14H,4-5,9H2,1H3,(H,25,26,27)/t14-/m1/s1. The Morgan fingerprint density at radius 1 is 1.28 bits per heavy atom. The van der Waals surface area contributed by atoms with Crippen LogP contribution in [0.25, 0.3) is 0 Å². The number of rotatable bonds is 4. The van der Waals surface area contributed by atoms with E-state index in [1.54, 1.807) is 6.92 Å². The van der Waals surface area contributed by atoms with Crippen molar-refractivity contribution in [2.24, 2.45) is 0 Å². The quantitative estimate of drug-likeness (QED) is 0.766. The third-order valence-electron chi connectivity index (χ3n) is 4.67. The molecule has 1 fully saturated rings. The SMILES string of the molecule is Cc1ccc(F)cc1C(=O)N1CCC(F)(F)[C@H]1CNc1ncc(C(F)(F)F)cn1. The molecular formula is C18H16F6N4O. The molecule has 2 heterocycles. The maximum atomic E-state index is 14.3. The van der Waals surface area contributed by atoms with Crippen LogP contribution in [0, 0.1) is 12.7 Å². The predicted molar refractivity (Wildman–Crippen MR) is 91.0 cm³/mol. The smallest absolute Gasteiger partial charge is 0.352 e. The average Bonchev–Trinajstić information content (AvgIpc) is 2.95. The number of aryl methyl sites for hydroxylation is 1. The van der Waals surface area contributed by atoms with Gasteiger partial charge in [-0.25, -0.2) is 23.1 Å². The number of anilines is 1. The molecule has 3 rings (SSSR count). The summed E-state index contributed by atoms with van der Waals surface area (Å²) in [4.78, 5) is 20.6. The molecule has 2 aromatic rings. The Labute approximate surface area is 161 Å². The number of hydrogen-bond acceptors (Lipinski definition) is 4. The third-order valence-corrected chi connectivity index (χ3v) is 4.67. The van der Waals surface area contributed by atoms with E-state index in [-0.39, 0.29) is 18.1 Å². The predicted octanol–water partition coefficient (Wildman–Crippen LogP) is 3.90. The van der Waals surface area contributed by atoms with Crippen LogP contribution in [0.3, 0.4) is 0 Å². The molecule has 11 heteroatoms. The molecule has 29 heavy (non-hydrogen) atoms. The monoisotopic (exact) mass is 418 g/mol. The van der Waals surface area contributed by atoms with Crippen LogP contribution in [0.2, 0.25) is 0 Å². The molecule has 1 saturated heterocycles. The lowest BCUT2D eigenvalue weighted by atomic mass is 10.1. The van der Waals surface area contributed by atoms with Crippen molar-refractivity contribution in [2.75, 3.05) is 18.4 Å². The van der Waals surface area contributed by atoms with Gasteiger partial charge in [0.05, 0.1) is 5.56 Å². The molecule has 1 amide bonds. The normalized spacial score (nSPS) is 18.7. The number of carbonyl (C=O) groups is 1. The summed E-state index contributed by atoms with van der Waals surface area (Å²) < 4.78 is 79.8. The molecule has 0 aliphatic carbocycles. The van der Waals surface area contributed by atoms with Crippen molar-refractivity contribution in [3.8, 4) is 0 Å². The topological polar surface area (TPSA) is 58.1 Å². The van der Waals surface area contributed by atoms with Crippen LogP contribution in [0.1, 0.15) is 27.9 Å². The van der Waals surface area contributed by atoms with E-state index in [2.05, 4.69) is 15.3 Å². The van der Waals surface area contributed by atoms with Gasteiger partial charge in [-0.15, -0.1) is 0 Å². The second-order valence-electron chi connectivity index (χ2n) is 6.66. The number of nitrogens with zero attached hydrogens (tertiary/aromatic N) is 3. The van der Waals surface area contributed by atoms with E-state index < -0.39 is 48.4 Å². The maximum absolute atomic E-state index is 14.3. The van der Waals surface area contributed by atoms with Gasteiger partial charge < -0.3 is 10.2 Å². The van der Waals surface area contributed by atoms with Crippen molar-refractivity contribution in [1.29, 1.82) is 0 Å². The van der Waals surface area contributed by atoms with Crippen molar-refractivity contribution in [3.05, 3.63) is 53.1 Å². The molecule has 1 atom stereocenters. The van der Waals surface area contributed by atoms with E-state index in [4.69, 9.17) is 0 Å². The fourth-order valence-corrected chi connectivity index (χ4v) is 3.06. The summed E-state index contributed by atoms with van der Waals surface area (Å²) in [6.45, 7) is 0.824. The molecule has 0 saturated carbocycles. The van der Waals surface area contributed by atoms with E-state index in [1.165, 1.54) is 6.07 Å². The zero-order chi connectivity index (χ0) is 21.4. The number of alkyl halides is 5. The first-order chi connectivity index (χ1) is 13.5. The van der Waals surface area contributed by atoms with Gasteiger partial charge in [-0.2, -0.15) is 13.2 Å². The summed E-state index contributed by atoms with van der Waals surface area (Å²) in [5.41, 5.74) is -0.671. The molecule has 1 aromatic carbocycles. The minimum Gasteiger partial charge on any atom is -0.352 e. The van der Waals surface area contributed by atoms with Crippen molar-refractivity contribution in [2.45, 2.75) is 31.5 Å². The van der Waals surface area contributed by atoms with Crippen LogP contribution >= 0.6 is 0 Å². The lowest BCUT2D eigenvalue weighted by Gasteiger charge is -2.28. The Bertz CT molecular complexity index is 900. The van der Waals surface area contributed by atoms with Gasteiger partial charge in [-0.1, -0.05) is 6.07 Å². The molecular weight excluding hydrogens is 402 g/mol. The van der Waals surface area contributed by atoms with Gasteiger partial charge >= 0.3 is 6.18 Å². The highest BCUT2D eigenvalue weighted by molar-refractivity contribution is 5.96. The molecule has 0 radical (unpaired) electrons. The lowest BCUT2D eigenvalue weighted by Crippen LogP contribution is -2.47. The van der Waals surface area contributed by atoms with Gasteiger partial charge in [0.1, 0.15) is 11.9 Å². The van der Waals surface area contributed by atoms with E-state index >= 15 is 0 Å². The molecule has 5 nitrogen and oxygen atoms in total. The van der Waals surface area contributed by atoms with Gasteiger partial charge in [0.15, 0.2) is 0 Å². The van der Waals surface area contributed by atoms with Gasteiger partial charge in [0.2, 0.25) is 5.95 Å². The third kappa shape index (κ3) is 4.43. The fourth-order valence-electron chi connectivity index (χ4n) is 3.06. The van der Waals surface area contributed by atoms with E-state index in [0.29, 0.717) is 18.0 Å². The van der Waals surface area contributed by atoms with E-state index in [0.717, 1.165) is 17.0 Å². The second-order valence-corrected chi connectivity index (χ2v) is 6.66. The Hall–Kier alpha value is -2.85. The summed E-state index contributed by atoms with van der Waals surface area (Å²) in [7, 11) is 0. The molecule has 1 aromatic heterocycles. The molecule has 0 bridgehead atoms. The largest absolute Gasteiger partial charge is 0.419 e. The van der Waals surface area contributed by atoms with Gasteiger partial charge in [0, 0.05) is 37.5 Å². The number of amides is 1. The molecule has 1 aliphatic rings. The maximum Gasteiger partial charge on any atom is 0.419 e. The molecule has 1 aliphatic heterocycles. The summed E-state index contributed by atoms with van der Waals surface area (Å²) in [6.07, 6.45) is -4.15. The minimum absolute atomic E-state index is 0.0292. The van der Waals surface area contributed by atoms with E-state index in [9.17, 15) is 31.1 Å². The Morgan fingerprint density at radius 3 is 2.55 bits per heavy atom. The van der Waals surface area contributed by atoms with Crippen molar-refractivity contribution in [1.82, 2.24) is 14.9 Å². The average molecular weight is 418 g/mol. The Balaban J connectivity index is 1.77. The van der Waals surface area contributed by atoms with Gasteiger partial charge in [-0.3, -0.25) is 4.79 Å². The van der Waals surface area contributed by atoms with E-state index in [1.807, 2.05) is 0 Å². The fraction of sp³-hybridized carbons (Fsp3) is 0.389. The molecule has 156 valence electrons. The van der Waals surface area contributed by atoms with Crippen molar-refractivity contribution >= 4 is 11.9 Å². The Kier molecular flexibility index (Phi) is 5.42. The summed E-state index contributed by atoms with van der Waals surface area (Å²) in [5, 5.41) is 2.45. The number of carbonyl (C=O) groups excluding carboxylic acids is 1. The van der Waals surface area contributed by atoms with Crippen LogP contribution in [-0.4, -0.2) is 45.8 Å². The molecule has 0 spiro atoms. The first-order valence-electron chi connectivity index (χ1n) is 8.57. The van der Waals surface area contributed by atoms with Crippen molar-refractivity contribution in [3.63, 3.8) is 0 Å². The van der Waals surface area contributed by atoms with Crippen LogP contribution in [-0.2, 0) is 6.18 Å². The number of hydrogen-bond donors (Lipinski definition) is 1. The zero-order valence-electron chi connectivity index (χ0n) is 15.1. The number of benzene rings is 1. The lowest BCUT2D eigenvalue weighted by molar-refractivity contribution is -0.138. The highest BCUT2D eigenvalue weighted by Gasteiger charge is 2.50. The number of nitrogens with one attached hydrogen (secondary N) is 1. The number of aromatic nitrogens is 2. The van der Waals surface area contributed by atoms with Crippen LogP contribution in [0.15, 0.2) is 30.6 Å².